The van der Waals surface area contributed by atoms with E-state index in [1.54, 1.807) is 0 Å². The van der Waals surface area contributed by atoms with Crippen molar-refractivity contribution in [2.75, 3.05) is 7.05 Å². The lowest BCUT2D eigenvalue weighted by molar-refractivity contribution is 0.306. The van der Waals surface area contributed by atoms with Gasteiger partial charge < -0.3 is 10.1 Å². The van der Waals surface area contributed by atoms with Gasteiger partial charge in [0.25, 0.3) is 0 Å². The zero-order chi connectivity index (χ0) is 21.7. The summed E-state index contributed by atoms with van der Waals surface area (Å²) < 4.78 is 6.41. The fourth-order valence-electron chi connectivity index (χ4n) is 3.55. The molecule has 30 heavy (non-hydrogen) atoms. The number of rotatable bonds is 7. The van der Waals surface area contributed by atoms with Gasteiger partial charge in [-0.25, -0.2) is 0 Å². The van der Waals surface area contributed by atoms with Crippen LogP contribution in [-0.4, -0.2) is 7.05 Å². The fourth-order valence-corrected chi connectivity index (χ4v) is 4.94. The summed E-state index contributed by atoms with van der Waals surface area (Å²) >= 11 is 0. The minimum absolute atomic E-state index is 0.100. The highest BCUT2D eigenvalue weighted by Gasteiger charge is 2.19. The Morgan fingerprint density at radius 3 is 2.30 bits per heavy atom. The van der Waals surface area contributed by atoms with Crippen LogP contribution in [0.4, 0.5) is 0 Å². The normalized spacial score (nSPS) is 11.9. The Bertz CT molecular complexity index is 990. The minimum Gasteiger partial charge on any atom is -0.488 e. The summed E-state index contributed by atoms with van der Waals surface area (Å²) in [6.45, 7) is 12.6. The highest BCUT2D eigenvalue weighted by molar-refractivity contribution is 7.55. The first-order valence-electron chi connectivity index (χ1n) is 10.6. The molecule has 1 N–H and O–H groups in total. The molecule has 0 bridgehead atoms. The van der Waals surface area contributed by atoms with Gasteiger partial charge in [0.15, 0.2) is 0 Å². The lowest BCUT2D eigenvalue weighted by Gasteiger charge is -2.24. The van der Waals surface area contributed by atoms with Gasteiger partial charge in [-0.1, -0.05) is 89.5 Å². The number of ether oxygens (including phenoxy) is 1. The second kappa shape index (κ2) is 9.77. The molecule has 0 aliphatic rings. The Labute approximate surface area is 183 Å². The predicted molar refractivity (Wildman–Crippen MR) is 132 cm³/mol. The van der Waals surface area contributed by atoms with E-state index >= 15 is 0 Å². The van der Waals surface area contributed by atoms with E-state index in [0.717, 1.165) is 12.3 Å². The number of aryl methyl sites for hydroxylation is 2. The Morgan fingerprint density at radius 1 is 0.900 bits per heavy atom. The van der Waals surface area contributed by atoms with Crippen molar-refractivity contribution in [2.24, 2.45) is 0 Å². The molecule has 0 aliphatic heterocycles. The lowest BCUT2D eigenvalue weighted by atomic mass is 9.86. The third-order valence-electron chi connectivity index (χ3n) is 5.26. The highest BCUT2D eigenvalue weighted by Crippen LogP contribution is 2.31. The standard InChI is InChI=1S/C27H34NOP/c1-19-12-13-24(22(14-19)17-28-6)30-25-16-23(27(3,4)5)15-20(2)26(25)29-18-21-10-8-7-9-11-21/h7-16,28,30H,17-18H2,1-6H3. The Morgan fingerprint density at radius 2 is 1.63 bits per heavy atom. The van der Waals surface area contributed by atoms with Crippen molar-refractivity contribution in [2.45, 2.75) is 53.2 Å². The Balaban J connectivity index is 2.01. The number of hydrogen-bond acceptors (Lipinski definition) is 2. The first kappa shape index (κ1) is 22.5. The molecule has 0 aromatic heterocycles. The maximum Gasteiger partial charge on any atom is 0.130 e. The predicted octanol–water partition coefficient (Wildman–Crippen LogP) is 5.53. The molecule has 0 radical (unpaired) electrons. The van der Waals surface area contributed by atoms with E-state index in [-0.39, 0.29) is 5.41 Å². The van der Waals surface area contributed by atoms with Gasteiger partial charge in [-0.2, -0.15) is 0 Å². The maximum atomic E-state index is 6.41. The van der Waals surface area contributed by atoms with E-state index < -0.39 is 0 Å². The molecule has 2 nitrogen and oxygen atoms in total. The minimum atomic E-state index is 0.100. The van der Waals surface area contributed by atoms with E-state index in [0.29, 0.717) is 15.2 Å². The molecule has 0 saturated carbocycles. The largest absolute Gasteiger partial charge is 0.488 e. The van der Waals surface area contributed by atoms with Crippen molar-refractivity contribution >= 4 is 19.2 Å². The summed E-state index contributed by atoms with van der Waals surface area (Å²) in [6, 6.07) is 21.8. The lowest BCUT2D eigenvalue weighted by Crippen LogP contribution is -2.20. The van der Waals surface area contributed by atoms with Crippen LogP contribution in [0.2, 0.25) is 0 Å². The van der Waals surface area contributed by atoms with Crippen LogP contribution < -0.4 is 20.7 Å². The van der Waals surface area contributed by atoms with Crippen molar-refractivity contribution in [1.82, 2.24) is 5.32 Å². The smallest absolute Gasteiger partial charge is 0.130 e. The molecule has 0 aliphatic carbocycles. The van der Waals surface area contributed by atoms with Gasteiger partial charge in [-0.05, 0) is 59.9 Å². The molecular formula is C27H34NOP. The average Bonchev–Trinajstić information content (AvgIpc) is 2.69. The molecule has 1 unspecified atom stereocenters. The van der Waals surface area contributed by atoms with Gasteiger partial charge in [0.2, 0.25) is 0 Å². The van der Waals surface area contributed by atoms with Crippen molar-refractivity contribution in [1.29, 1.82) is 0 Å². The van der Waals surface area contributed by atoms with Gasteiger partial charge in [0.05, 0.1) is 0 Å². The van der Waals surface area contributed by atoms with Gasteiger partial charge in [0, 0.05) is 11.8 Å². The second-order valence-corrected chi connectivity index (χ2v) is 10.3. The molecule has 0 amide bonds. The van der Waals surface area contributed by atoms with Crippen molar-refractivity contribution in [3.63, 3.8) is 0 Å². The summed E-state index contributed by atoms with van der Waals surface area (Å²) in [6.07, 6.45) is 0. The molecule has 3 rings (SSSR count). The summed E-state index contributed by atoms with van der Waals surface area (Å²) in [5, 5.41) is 5.99. The van der Waals surface area contributed by atoms with E-state index in [1.165, 1.54) is 38.4 Å². The molecule has 0 saturated heterocycles. The van der Waals surface area contributed by atoms with E-state index in [9.17, 15) is 0 Å². The molecule has 0 fully saturated rings. The van der Waals surface area contributed by atoms with E-state index in [2.05, 4.69) is 94.5 Å². The molecule has 0 heterocycles. The summed E-state index contributed by atoms with van der Waals surface area (Å²) in [4.78, 5) is 0. The summed E-state index contributed by atoms with van der Waals surface area (Å²) in [5.74, 6) is 1.03. The fraction of sp³-hybridized carbons (Fsp3) is 0.333. The zero-order valence-electron chi connectivity index (χ0n) is 19.1. The molecule has 158 valence electrons. The van der Waals surface area contributed by atoms with E-state index in [1.807, 2.05) is 13.1 Å². The molecular weight excluding hydrogens is 385 g/mol. The van der Waals surface area contributed by atoms with Gasteiger partial charge in [0.1, 0.15) is 12.4 Å². The maximum absolute atomic E-state index is 6.41. The van der Waals surface area contributed by atoms with Gasteiger partial charge >= 0.3 is 0 Å². The van der Waals surface area contributed by atoms with Crippen molar-refractivity contribution in [3.8, 4) is 5.75 Å². The average molecular weight is 420 g/mol. The van der Waals surface area contributed by atoms with Crippen LogP contribution in [0.25, 0.3) is 0 Å². The van der Waals surface area contributed by atoms with Crippen LogP contribution >= 0.6 is 8.58 Å². The zero-order valence-corrected chi connectivity index (χ0v) is 20.1. The topological polar surface area (TPSA) is 21.3 Å². The second-order valence-electron chi connectivity index (χ2n) is 9.01. The number of nitrogens with one attached hydrogen (secondary N) is 1. The van der Waals surface area contributed by atoms with Crippen LogP contribution in [0, 0.1) is 13.8 Å². The summed E-state index contributed by atoms with van der Waals surface area (Å²) in [5.41, 5.74) is 6.53. The highest BCUT2D eigenvalue weighted by atomic mass is 31.1. The Hall–Kier alpha value is -2.15. The van der Waals surface area contributed by atoms with Crippen molar-refractivity contribution < 1.29 is 4.74 Å². The van der Waals surface area contributed by atoms with Crippen LogP contribution in [0.3, 0.4) is 0 Å². The molecule has 3 aromatic rings. The third-order valence-corrected chi connectivity index (χ3v) is 6.66. The van der Waals surface area contributed by atoms with Crippen LogP contribution in [0.5, 0.6) is 5.75 Å². The first-order valence-corrected chi connectivity index (χ1v) is 11.6. The van der Waals surface area contributed by atoms with Gasteiger partial charge in [-0.15, -0.1) is 0 Å². The van der Waals surface area contributed by atoms with Crippen LogP contribution in [0.15, 0.2) is 60.7 Å². The molecule has 0 spiro atoms. The quantitative estimate of drug-likeness (QED) is 0.509. The molecule has 3 aromatic carbocycles. The summed E-state index contributed by atoms with van der Waals surface area (Å²) in [7, 11) is 2.56. The Kier molecular flexibility index (Phi) is 7.34. The number of hydrogen-bond donors (Lipinski definition) is 1. The molecule has 3 heteroatoms. The number of benzene rings is 3. The van der Waals surface area contributed by atoms with Crippen molar-refractivity contribution in [3.05, 3.63) is 88.5 Å². The molecule has 1 atom stereocenters. The van der Waals surface area contributed by atoms with Gasteiger partial charge in [-0.3, -0.25) is 0 Å². The monoisotopic (exact) mass is 419 g/mol. The SMILES string of the molecule is CNCc1cc(C)ccc1Pc1cc(C(C)(C)C)cc(C)c1OCc1ccccc1. The van der Waals surface area contributed by atoms with Crippen LogP contribution in [-0.2, 0) is 18.6 Å². The van der Waals surface area contributed by atoms with Crippen LogP contribution in [0.1, 0.15) is 48.6 Å². The van der Waals surface area contributed by atoms with E-state index in [4.69, 9.17) is 4.74 Å². The third kappa shape index (κ3) is 5.72. The first-order chi connectivity index (χ1) is 14.3.